The summed E-state index contributed by atoms with van der Waals surface area (Å²) in [4.78, 5) is 33.9. The van der Waals surface area contributed by atoms with E-state index in [1.54, 1.807) is 0 Å². The Hall–Kier alpha value is -2.84. The monoisotopic (exact) mass is 658 g/mol. The third-order valence-electron chi connectivity index (χ3n) is 6.61. The van der Waals surface area contributed by atoms with E-state index in [0.717, 1.165) is 38.5 Å². The molecule has 238 valence electrons. The first-order chi connectivity index (χ1) is 20.3. The normalized spacial score (nSPS) is 11.8. The molecule has 0 fully saturated rings. The number of ketones is 1. The number of aliphatic carboxylic acids is 2. The highest BCUT2D eigenvalue weighted by molar-refractivity contribution is 7.89. The summed E-state index contributed by atoms with van der Waals surface area (Å²) in [5.74, 6) is -2.20. The minimum Gasteiger partial charge on any atom is -0.481 e. The number of carboxylic acids is 2. The molecule has 0 atom stereocenters. The summed E-state index contributed by atoms with van der Waals surface area (Å²) >= 11 is 6.25. The van der Waals surface area contributed by atoms with E-state index in [4.69, 9.17) is 21.8 Å². The van der Waals surface area contributed by atoms with E-state index < -0.39 is 37.8 Å². The van der Waals surface area contributed by atoms with Gasteiger partial charge in [0.2, 0.25) is 20.0 Å². The van der Waals surface area contributed by atoms with Crippen molar-refractivity contribution in [3.05, 3.63) is 58.6 Å². The molecule has 0 saturated heterocycles. The van der Waals surface area contributed by atoms with Gasteiger partial charge >= 0.3 is 11.9 Å². The lowest BCUT2D eigenvalue weighted by Gasteiger charge is -2.11. The Morgan fingerprint density at radius 2 is 1.12 bits per heavy atom. The highest BCUT2D eigenvalue weighted by Crippen LogP contribution is 2.25. The van der Waals surface area contributed by atoms with Gasteiger partial charge in [-0.15, -0.1) is 0 Å². The maximum Gasteiger partial charge on any atom is 0.303 e. The predicted octanol–water partition coefficient (Wildman–Crippen LogP) is 4.98. The van der Waals surface area contributed by atoms with Crippen molar-refractivity contribution in [1.29, 1.82) is 0 Å². The third-order valence-corrected chi connectivity index (χ3v) is 10.0. The molecule has 0 unspecified atom stereocenters. The fourth-order valence-electron chi connectivity index (χ4n) is 4.27. The molecule has 0 bridgehead atoms. The van der Waals surface area contributed by atoms with Crippen LogP contribution in [0.5, 0.6) is 0 Å². The second kappa shape index (κ2) is 18.1. The third kappa shape index (κ3) is 13.1. The Labute approximate surface area is 258 Å². The van der Waals surface area contributed by atoms with E-state index in [0.29, 0.717) is 25.7 Å². The Morgan fingerprint density at radius 3 is 1.65 bits per heavy atom. The summed E-state index contributed by atoms with van der Waals surface area (Å²) in [5.41, 5.74) is 0.185. The van der Waals surface area contributed by atoms with Crippen molar-refractivity contribution in [2.24, 2.45) is 0 Å². The summed E-state index contributed by atoms with van der Waals surface area (Å²) in [6.07, 6.45) is 7.16. The summed E-state index contributed by atoms with van der Waals surface area (Å²) in [6.45, 7) is 0.381. The minimum atomic E-state index is -3.94. The van der Waals surface area contributed by atoms with E-state index in [1.165, 1.54) is 42.5 Å². The first kappa shape index (κ1) is 36.4. The molecule has 0 aliphatic rings. The average molecular weight is 659 g/mol. The average Bonchev–Trinajstić information content (AvgIpc) is 2.95. The van der Waals surface area contributed by atoms with Gasteiger partial charge in [0, 0.05) is 37.1 Å². The lowest BCUT2D eigenvalue weighted by molar-refractivity contribution is -0.138. The molecule has 0 aliphatic carbocycles. The number of carbonyl (C=O) groups is 3. The molecule has 43 heavy (non-hydrogen) atoms. The number of halogens is 1. The van der Waals surface area contributed by atoms with E-state index in [1.807, 2.05) is 0 Å². The fraction of sp³-hybridized carbons (Fsp3) is 0.483. The van der Waals surface area contributed by atoms with Gasteiger partial charge in [-0.3, -0.25) is 14.4 Å². The second-order valence-corrected chi connectivity index (χ2v) is 14.0. The summed E-state index contributed by atoms with van der Waals surface area (Å²) in [5, 5.41) is 17.1. The molecule has 11 nitrogen and oxygen atoms in total. The van der Waals surface area contributed by atoms with Crippen LogP contribution in [0.3, 0.4) is 0 Å². The van der Waals surface area contributed by atoms with Gasteiger partial charge in [-0.25, -0.2) is 26.3 Å². The van der Waals surface area contributed by atoms with E-state index >= 15 is 0 Å². The highest BCUT2D eigenvalue weighted by Gasteiger charge is 2.21. The van der Waals surface area contributed by atoms with E-state index in [9.17, 15) is 31.2 Å². The number of hydrogen-bond donors (Lipinski definition) is 4. The van der Waals surface area contributed by atoms with E-state index in [-0.39, 0.29) is 51.9 Å². The van der Waals surface area contributed by atoms with Crippen molar-refractivity contribution in [3.63, 3.8) is 0 Å². The molecule has 0 heterocycles. The quantitative estimate of drug-likeness (QED) is 0.100. The number of rotatable bonds is 22. The number of sulfonamides is 2. The standard InChI is InChI=1S/C29H39ClN2O9S2/c30-25-21-23(16-17-26(25)43(40,41)32-19-10-6-2-4-8-15-28(35)36)29(37)22-12-11-13-24(20-22)42(38,39)31-18-9-5-1-3-7-14-27(33)34/h11-13,16-17,20-21,31-32H,1-10,14-15,18-19H2,(H,33,34)(H,35,36). The summed E-state index contributed by atoms with van der Waals surface area (Å²) in [7, 11) is -7.82. The van der Waals surface area contributed by atoms with Crippen LogP contribution in [0.4, 0.5) is 0 Å². The second-order valence-electron chi connectivity index (χ2n) is 10.1. The van der Waals surface area contributed by atoms with Crippen LogP contribution in [0.1, 0.15) is 93.0 Å². The van der Waals surface area contributed by atoms with Crippen LogP contribution in [0.2, 0.25) is 5.02 Å². The van der Waals surface area contributed by atoms with Gasteiger partial charge in [0.15, 0.2) is 5.78 Å². The fourth-order valence-corrected chi connectivity index (χ4v) is 7.00. The van der Waals surface area contributed by atoms with Gasteiger partial charge in [-0.2, -0.15) is 0 Å². The van der Waals surface area contributed by atoms with Gasteiger partial charge in [0.1, 0.15) is 4.90 Å². The van der Waals surface area contributed by atoms with Crippen LogP contribution < -0.4 is 9.44 Å². The SMILES string of the molecule is O=C(O)CCCCCCCNS(=O)(=O)c1cccc(C(=O)c2ccc(S(=O)(=O)NCCCCCCCC(=O)O)c(Cl)c2)c1. The first-order valence-corrected chi connectivity index (χ1v) is 17.5. The molecular formula is C29H39ClN2O9S2. The van der Waals surface area contributed by atoms with Crippen molar-refractivity contribution < 1.29 is 41.4 Å². The summed E-state index contributed by atoms with van der Waals surface area (Å²) in [6, 6.07) is 9.31. The highest BCUT2D eigenvalue weighted by atomic mass is 35.5. The van der Waals surface area contributed by atoms with Gasteiger partial charge in [0.25, 0.3) is 0 Å². The number of carbonyl (C=O) groups excluding carboxylic acids is 1. The topological polar surface area (TPSA) is 184 Å². The smallest absolute Gasteiger partial charge is 0.303 e. The van der Waals surface area contributed by atoms with Crippen LogP contribution in [-0.2, 0) is 29.6 Å². The summed E-state index contributed by atoms with van der Waals surface area (Å²) < 4.78 is 56.0. The molecule has 0 spiro atoms. The number of unbranched alkanes of at least 4 members (excludes halogenated alkanes) is 8. The molecule has 2 aromatic carbocycles. The molecular weight excluding hydrogens is 620 g/mol. The Morgan fingerprint density at radius 1 is 0.628 bits per heavy atom. The zero-order valence-electron chi connectivity index (χ0n) is 23.9. The molecule has 0 radical (unpaired) electrons. The number of nitrogens with one attached hydrogen (secondary N) is 2. The molecule has 0 saturated carbocycles. The number of benzene rings is 2. The van der Waals surface area contributed by atoms with Crippen LogP contribution in [0, 0.1) is 0 Å². The predicted molar refractivity (Wildman–Crippen MR) is 162 cm³/mol. The Kier molecular flexibility index (Phi) is 15.3. The van der Waals surface area contributed by atoms with Crippen LogP contribution in [0.15, 0.2) is 52.3 Å². The van der Waals surface area contributed by atoms with Crippen molar-refractivity contribution >= 4 is 49.4 Å². The molecule has 0 amide bonds. The molecule has 2 aromatic rings. The van der Waals surface area contributed by atoms with Crippen LogP contribution in [-0.4, -0.2) is 57.9 Å². The van der Waals surface area contributed by atoms with Gasteiger partial charge < -0.3 is 10.2 Å². The number of carboxylic acid groups (broad SMARTS) is 2. The lowest BCUT2D eigenvalue weighted by atomic mass is 10.0. The van der Waals surface area contributed by atoms with Crippen molar-refractivity contribution in [3.8, 4) is 0 Å². The first-order valence-electron chi connectivity index (χ1n) is 14.2. The maximum atomic E-state index is 13.1. The van der Waals surface area contributed by atoms with Gasteiger partial charge in [-0.1, -0.05) is 62.3 Å². The van der Waals surface area contributed by atoms with Gasteiger partial charge in [0.05, 0.1) is 9.92 Å². The molecule has 0 aliphatic heterocycles. The zero-order chi connectivity index (χ0) is 31.9. The van der Waals surface area contributed by atoms with Crippen LogP contribution in [0.25, 0.3) is 0 Å². The number of hydrogen-bond acceptors (Lipinski definition) is 7. The van der Waals surface area contributed by atoms with Crippen molar-refractivity contribution in [1.82, 2.24) is 9.44 Å². The maximum absolute atomic E-state index is 13.1. The van der Waals surface area contributed by atoms with Gasteiger partial charge in [-0.05, 0) is 56.0 Å². The van der Waals surface area contributed by atoms with Crippen LogP contribution >= 0.6 is 11.6 Å². The molecule has 0 aromatic heterocycles. The molecule has 2 rings (SSSR count). The van der Waals surface area contributed by atoms with E-state index in [2.05, 4.69) is 9.44 Å². The minimum absolute atomic E-state index is 0.0869. The van der Waals surface area contributed by atoms with Crippen molar-refractivity contribution in [2.45, 2.75) is 86.8 Å². The molecule has 4 N–H and O–H groups in total. The van der Waals surface area contributed by atoms with Crippen molar-refractivity contribution in [2.75, 3.05) is 13.1 Å². The zero-order valence-corrected chi connectivity index (χ0v) is 26.3. The Balaban J connectivity index is 1.92. The lowest BCUT2D eigenvalue weighted by Crippen LogP contribution is -2.25. The largest absolute Gasteiger partial charge is 0.481 e. The molecule has 14 heteroatoms. The Bertz CT molecular complexity index is 1460.